The minimum absolute atomic E-state index is 0.242. The fourth-order valence-corrected chi connectivity index (χ4v) is 2.60. The third-order valence-electron chi connectivity index (χ3n) is 3.58. The van der Waals surface area contributed by atoms with Gasteiger partial charge in [-0.2, -0.15) is 0 Å². The van der Waals surface area contributed by atoms with Crippen LogP contribution >= 0.6 is 23.2 Å². The van der Waals surface area contributed by atoms with E-state index in [4.69, 9.17) is 32.5 Å². The summed E-state index contributed by atoms with van der Waals surface area (Å²) in [6, 6.07) is 12.9. The monoisotopic (exact) mass is 419 g/mol. The van der Waals surface area contributed by atoms with Crippen LogP contribution < -0.4 is 15.4 Å². The molecule has 2 amide bonds. The van der Waals surface area contributed by atoms with Crippen molar-refractivity contribution in [3.63, 3.8) is 0 Å². The zero-order valence-electron chi connectivity index (χ0n) is 14.7. The van der Waals surface area contributed by atoms with Crippen molar-refractivity contribution in [3.05, 3.63) is 69.9 Å². The van der Waals surface area contributed by atoms with E-state index >= 15 is 0 Å². The van der Waals surface area contributed by atoms with E-state index in [-0.39, 0.29) is 23.4 Å². The highest BCUT2D eigenvalue weighted by atomic mass is 35.5. The number of carbonyl (C=O) groups is 2. The number of benzene rings is 2. The van der Waals surface area contributed by atoms with Gasteiger partial charge in [0.1, 0.15) is 16.5 Å². The number of carbonyl (C=O) groups excluding carboxylic acids is 2. The number of nitrogens with one attached hydrogen (secondary N) is 2. The molecule has 0 radical (unpaired) electrons. The molecule has 2 N–H and O–H groups in total. The molecule has 0 bridgehead atoms. The molecule has 1 heterocycles. The van der Waals surface area contributed by atoms with Crippen molar-refractivity contribution in [2.75, 3.05) is 17.2 Å². The van der Waals surface area contributed by atoms with Gasteiger partial charge in [0.2, 0.25) is 0 Å². The fourth-order valence-electron chi connectivity index (χ4n) is 2.25. The van der Waals surface area contributed by atoms with E-state index in [1.807, 2.05) is 0 Å². The number of nitrogens with zero attached hydrogens (tertiary/aromatic N) is 1. The first-order valence-corrected chi connectivity index (χ1v) is 8.89. The normalized spacial score (nSPS) is 10.4. The van der Waals surface area contributed by atoms with E-state index < -0.39 is 0 Å². The van der Waals surface area contributed by atoms with Crippen LogP contribution in [0.25, 0.3) is 0 Å². The third-order valence-corrected chi connectivity index (χ3v) is 4.38. The van der Waals surface area contributed by atoms with Crippen LogP contribution in [-0.2, 0) is 4.79 Å². The van der Waals surface area contributed by atoms with Crippen molar-refractivity contribution in [1.29, 1.82) is 0 Å². The molecule has 1 aromatic heterocycles. The summed E-state index contributed by atoms with van der Waals surface area (Å²) in [6.07, 6.45) is 0. The lowest BCUT2D eigenvalue weighted by atomic mass is 10.2. The molecule has 2 aromatic carbocycles. The average molecular weight is 420 g/mol. The van der Waals surface area contributed by atoms with Crippen molar-refractivity contribution in [3.8, 4) is 5.75 Å². The summed E-state index contributed by atoms with van der Waals surface area (Å²) in [4.78, 5) is 24.2. The fraction of sp³-hybridized carbons (Fsp3) is 0.105. The number of rotatable bonds is 6. The van der Waals surface area contributed by atoms with E-state index in [1.165, 1.54) is 0 Å². The molecule has 9 heteroatoms. The second kappa shape index (κ2) is 8.77. The van der Waals surface area contributed by atoms with Crippen molar-refractivity contribution in [2.24, 2.45) is 0 Å². The second-order valence-electron chi connectivity index (χ2n) is 5.74. The largest absolute Gasteiger partial charge is 0.482 e. The third kappa shape index (κ3) is 5.03. The Kier molecular flexibility index (Phi) is 6.18. The molecule has 0 aliphatic rings. The number of aryl methyl sites for hydroxylation is 1. The Morgan fingerprint density at radius 1 is 1.11 bits per heavy atom. The van der Waals surface area contributed by atoms with Gasteiger partial charge in [0, 0.05) is 17.3 Å². The topological polar surface area (TPSA) is 93.5 Å². The van der Waals surface area contributed by atoms with Crippen LogP contribution in [0.15, 0.2) is 53.1 Å². The van der Waals surface area contributed by atoms with Crippen LogP contribution in [0.1, 0.15) is 16.1 Å². The first kappa shape index (κ1) is 19.7. The molecule has 7 nitrogen and oxygen atoms in total. The molecule has 144 valence electrons. The first-order chi connectivity index (χ1) is 13.4. The summed E-state index contributed by atoms with van der Waals surface area (Å²) in [5, 5.41) is 9.57. The lowest BCUT2D eigenvalue weighted by molar-refractivity contribution is -0.118. The maximum Gasteiger partial charge on any atom is 0.262 e. The van der Waals surface area contributed by atoms with Crippen LogP contribution in [0.3, 0.4) is 0 Å². The van der Waals surface area contributed by atoms with Gasteiger partial charge in [-0.15, -0.1) is 0 Å². The van der Waals surface area contributed by atoms with Crippen LogP contribution in [0.4, 0.5) is 11.5 Å². The molecule has 0 unspecified atom stereocenters. The van der Waals surface area contributed by atoms with Gasteiger partial charge >= 0.3 is 0 Å². The highest BCUT2D eigenvalue weighted by Crippen LogP contribution is 2.31. The molecule has 0 aliphatic carbocycles. The number of halogens is 2. The summed E-state index contributed by atoms with van der Waals surface area (Å²) >= 11 is 11.9. The summed E-state index contributed by atoms with van der Waals surface area (Å²) in [5.41, 5.74) is 0.917. The highest BCUT2D eigenvalue weighted by Gasteiger charge is 2.11. The van der Waals surface area contributed by atoms with E-state index in [0.29, 0.717) is 33.6 Å². The van der Waals surface area contributed by atoms with Gasteiger partial charge in [-0.1, -0.05) is 34.4 Å². The molecule has 0 fully saturated rings. The SMILES string of the molecule is Cc1cc(NC(=O)c2ccc(NC(=O)COc3cccc(Cl)c3Cl)cc2)no1. The van der Waals surface area contributed by atoms with Crippen molar-refractivity contribution in [1.82, 2.24) is 5.16 Å². The number of anilines is 2. The molecular weight excluding hydrogens is 405 g/mol. The molecular formula is C19H15Cl2N3O4. The van der Waals surface area contributed by atoms with Crippen LogP contribution in [0.2, 0.25) is 10.0 Å². The van der Waals surface area contributed by atoms with Gasteiger partial charge in [-0.3, -0.25) is 9.59 Å². The molecule has 0 spiro atoms. The summed E-state index contributed by atoms with van der Waals surface area (Å²) in [5.74, 6) is 0.516. The molecule has 0 saturated heterocycles. The zero-order valence-corrected chi connectivity index (χ0v) is 16.2. The molecule has 0 saturated carbocycles. The number of amides is 2. The van der Waals surface area contributed by atoms with Crippen molar-refractivity contribution in [2.45, 2.75) is 6.92 Å². The summed E-state index contributed by atoms with van der Waals surface area (Å²) in [6.45, 7) is 1.48. The Morgan fingerprint density at radius 3 is 2.54 bits per heavy atom. The maximum absolute atomic E-state index is 12.2. The predicted octanol–water partition coefficient (Wildman–Crippen LogP) is 4.56. The van der Waals surface area contributed by atoms with Crippen LogP contribution in [0, 0.1) is 6.92 Å². The van der Waals surface area contributed by atoms with Gasteiger partial charge in [0.05, 0.1) is 5.02 Å². The van der Waals surface area contributed by atoms with Crippen LogP contribution in [0.5, 0.6) is 5.75 Å². The minimum atomic E-state index is -0.383. The molecule has 28 heavy (non-hydrogen) atoms. The zero-order chi connectivity index (χ0) is 20.1. The maximum atomic E-state index is 12.2. The summed E-state index contributed by atoms with van der Waals surface area (Å²) < 4.78 is 10.3. The number of aromatic nitrogens is 1. The van der Waals surface area contributed by atoms with Gasteiger partial charge < -0.3 is 19.9 Å². The Morgan fingerprint density at radius 2 is 1.86 bits per heavy atom. The lowest BCUT2D eigenvalue weighted by Gasteiger charge is -2.10. The molecule has 0 atom stereocenters. The highest BCUT2D eigenvalue weighted by molar-refractivity contribution is 6.42. The summed E-state index contributed by atoms with van der Waals surface area (Å²) in [7, 11) is 0. The Labute approximate surface area is 170 Å². The van der Waals surface area contributed by atoms with Crippen molar-refractivity contribution < 1.29 is 18.8 Å². The van der Waals surface area contributed by atoms with E-state index in [9.17, 15) is 9.59 Å². The minimum Gasteiger partial charge on any atom is -0.482 e. The second-order valence-corrected chi connectivity index (χ2v) is 6.53. The predicted molar refractivity (Wildman–Crippen MR) is 106 cm³/mol. The number of hydrogen-bond acceptors (Lipinski definition) is 5. The van der Waals surface area contributed by atoms with Gasteiger partial charge in [-0.05, 0) is 43.3 Å². The lowest BCUT2D eigenvalue weighted by Crippen LogP contribution is -2.20. The van der Waals surface area contributed by atoms with Gasteiger partial charge in [0.25, 0.3) is 11.8 Å². The Balaban J connectivity index is 1.54. The molecule has 0 aliphatic heterocycles. The number of hydrogen-bond donors (Lipinski definition) is 2. The standard InChI is InChI=1S/C19H15Cl2N3O4/c1-11-9-16(24-28-11)23-19(26)12-5-7-13(8-6-12)22-17(25)10-27-15-4-2-3-14(20)18(15)21/h2-9H,10H2,1H3,(H,22,25)(H,23,24,26). The molecule has 3 aromatic rings. The quantitative estimate of drug-likeness (QED) is 0.610. The molecule has 3 rings (SSSR count). The Bertz CT molecular complexity index is 1000. The number of ether oxygens (including phenoxy) is 1. The van der Waals surface area contributed by atoms with E-state index in [1.54, 1.807) is 55.5 Å². The van der Waals surface area contributed by atoms with E-state index in [0.717, 1.165) is 0 Å². The smallest absolute Gasteiger partial charge is 0.262 e. The van der Waals surface area contributed by atoms with E-state index in [2.05, 4.69) is 15.8 Å². The van der Waals surface area contributed by atoms with Crippen molar-refractivity contribution >= 4 is 46.5 Å². The average Bonchev–Trinajstić information content (AvgIpc) is 3.08. The van der Waals surface area contributed by atoms with Gasteiger partial charge in [-0.25, -0.2) is 0 Å². The Hall–Kier alpha value is -3.03. The van der Waals surface area contributed by atoms with Crippen LogP contribution in [-0.4, -0.2) is 23.6 Å². The van der Waals surface area contributed by atoms with Gasteiger partial charge in [0.15, 0.2) is 12.4 Å². The first-order valence-electron chi connectivity index (χ1n) is 8.14.